The SMILES string of the molecule is N=Cc1cc(NC2CCCN(Cc3ccc(N4CCCC4)cc3)C2)ccc1N. The highest BCUT2D eigenvalue weighted by Gasteiger charge is 2.20. The van der Waals surface area contributed by atoms with Gasteiger partial charge in [-0.3, -0.25) is 4.90 Å². The van der Waals surface area contributed by atoms with Crippen LogP contribution in [0.5, 0.6) is 0 Å². The molecule has 5 heteroatoms. The number of nitrogens with zero attached hydrogens (tertiary/aromatic N) is 2. The minimum absolute atomic E-state index is 0.430. The van der Waals surface area contributed by atoms with E-state index < -0.39 is 0 Å². The zero-order valence-corrected chi connectivity index (χ0v) is 16.5. The van der Waals surface area contributed by atoms with E-state index in [-0.39, 0.29) is 0 Å². The molecule has 1 unspecified atom stereocenters. The standard InChI is InChI=1S/C23H31N5/c24-15-19-14-20(7-10-23(19)25)26-21-4-3-11-27(17-21)16-18-5-8-22(9-6-18)28-12-1-2-13-28/h5-10,14-15,21,24,26H,1-4,11-13,16-17,25H2. The number of likely N-dealkylation sites (tertiary alicyclic amines) is 1. The van der Waals surface area contributed by atoms with Gasteiger partial charge in [0.25, 0.3) is 0 Å². The van der Waals surface area contributed by atoms with Crippen molar-refractivity contribution in [1.82, 2.24) is 4.90 Å². The van der Waals surface area contributed by atoms with Crippen LogP contribution in [0.25, 0.3) is 0 Å². The molecule has 5 nitrogen and oxygen atoms in total. The molecule has 2 aliphatic heterocycles. The van der Waals surface area contributed by atoms with Gasteiger partial charge in [0.1, 0.15) is 0 Å². The van der Waals surface area contributed by atoms with Crippen molar-refractivity contribution in [2.24, 2.45) is 0 Å². The maximum absolute atomic E-state index is 7.48. The van der Waals surface area contributed by atoms with Crippen LogP contribution in [-0.2, 0) is 6.54 Å². The summed E-state index contributed by atoms with van der Waals surface area (Å²) < 4.78 is 0. The Labute approximate surface area is 168 Å². The Morgan fingerprint density at radius 1 is 1.04 bits per heavy atom. The third kappa shape index (κ3) is 4.47. The molecule has 0 amide bonds. The molecule has 2 aromatic rings. The van der Waals surface area contributed by atoms with E-state index in [1.54, 1.807) is 0 Å². The maximum atomic E-state index is 7.48. The van der Waals surface area contributed by atoms with E-state index in [1.807, 2.05) is 18.2 Å². The van der Waals surface area contributed by atoms with E-state index >= 15 is 0 Å². The van der Waals surface area contributed by atoms with Gasteiger partial charge >= 0.3 is 0 Å². The van der Waals surface area contributed by atoms with Gasteiger partial charge in [-0.1, -0.05) is 12.1 Å². The number of hydrogen-bond acceptors (Lipinski definition) is 5. The lowest BCUT2D eigenvalue weighted by molar-refractivity contribution is 0.208. The van der Waals surface area contributed by atoms with Crippen LogP contribution < -0.4 is 16.0 Å². The van der Waals surface area contributed by atoms with Crippen molar-refractivity contribution in [1.29, 1.82) is 5.41 Å². The van der Waals surface area contributed by atoms with Crippen molar-refractivity contribution in [3.05, 3.63) is 53.6 Å². The fourth-order valence-corrected chi connectivity index (χ4v) is 4.39. The molecular weight excluding hydrogens is 346 g/mol. The first-order valence-corrected chi connectivity index (χ1v) is 10.4. The number of piperidine rings is 1. The van der Waals surface area contributed by atoms with Crippen LogP contribution in [-0.4, -0.2) is 43.3 Å². The molecule has 0 aromatic heterocycles. The summed E-state index contributed by atoms with van der Waals surface area (Å²) in [6.07, 6.45) is 6.34. The summed E-state index contributed by atoms with van der Waals surface area (Å²) in [5.74, 6) is 0. The molecule has 2 aliphatic rings. The predicted octanol–water partition coefficient (Wildman–Crippen LogP) is 3.94. The molecule has 2 fully saturated rings. The van der Waals surface area contributed by atoms with Gasteiger partial charge in [-0.25, -0.2) is 0 Å². The van der Waals surface area contributed by atoms with Crippen molar-refractivity contribution in [3.8, 4) is 0 Å². The van der Waals surface area contributed by atoms with Crippen LogP contribution in [0.1, 0.15) is 36.8 Å². The van der Waals surface area contributed by atoms with E-state index in [4.69, 9.17) is 11.1 Å². The number of hydrogen-bond donors (Lipinski definition) is 3. The van der Waals surface area contributed by atoms with Crippen molar-refractivity contribution in [3.63, 3.8) is 0 Å². The fraction of sp³-hybridized carbons (Fsp3) is 0.435. The van der Waals surface area contributed by atoms with Crippen molar-refractivity contribution in [2.45, 2.75) is 38.3 Å². The van der Waals surface area contributed by atoms with Gasteiger partial charge in [-0.15, -0.1) is 0 Å². The average Bonchev–Trinajstić information content (AvgIpc) is 3.25. The first-order valence-electron chi connectivity index (χ1n) is 10.4. The Balaban J connectivity index is 1.34. The predicted molar refractivity (Wildman–Crippen MR) is 119 cm³/mol. The molecule has 1 atom stereocenters. The van der Waals surface area contributed by atoms with Crippen molar-refractivity contribution < 1.29 is 0 Å². The van der Waals surface area contributed by atoms with Gasteiger partial charge in [0.2, 0.25) is 0 Å². The van der Waals surface area contributed by atoms with Crippen LogP contribution in [0.3, 0.4) is 0 Å². The number of nitrogen functional groups attached to an aromatic ring is 1. The van der Waals surface area contributed by atoms with Crippen LogP contribution >= 0.6 is 0 Å². The quantitative estimate of drug-likeness (QED) is 0.527. The van der Waals surface area contributed by atoms with E-state index in [2.05, 4.69) is 39.4 Å². The Bertz CT molecular complexity index is 795. The smallest absolute Gasteiger partial charge is 0.0404 e. The lowest BCUT2D eigenvalue weighted by Crippen LogP contribution is -2.41. The van der Waals surface area contributed by atoms with Gasteiger partial charge in [0.05, 0.1) is 0 Å². The van der Waals surface area contributed by atoms with Gasteiger partial charge in [0.15, 0.2) is 0 Å². The van der Waals surface area contributed by atoms with Crippen LogP contribution in [0.2, 0.25) is 0 Å². The molecular formula is C23H31N5. The molecule has 4 N–H and O–H groups in total. The number of rotatable bonds is 6. The Hall–Kier alpha value is -2.53. The summed E-state index contributed by atoms with van der Waals surface area (Å²) in [6, 6.07) is 15.4. The second-order valence-electron chi connectivity index (χ2n) is 8.07. The molecule has 0 aliphatic carbocycles. The second-order valence-corrected chi connectivity index (χ2v) is 8.07. The minimum atomic E-state index is 0.430. The van der Waals surface area contributed by atoms with Gasteiger partial charge < -0.3 is 21.4 Å². The maximum Gasteiger partial charge on any atom is 0.0404 e. The molecule has 0 radical (unpaired) electrons. The molecule has 28 heavy (non-hydrogen) atoms. The molecule has 0 saturated carbocycles. The highest BCUT2D eigenvalue weighted by Crippen LogP contribution is 2.23. The number of benzene rings is 2. The monoisotopic (exact) mass is 377 g/mol. The number of anilines is 3. The number of nitrogens with one attached hydrogen (secondary N) is 2. The molecule has 2 heterocycles. The molecule has 2 aromatic carbocycles. The summed E-state index contributed by atoms with van der Waals surface area (Å²) >= 11 is 0. The first-order chi connectivity index (χ1) is 13.7. The molecule has 2 saturated heterocycles. The van der Waals surface area contributed by atoms with Crippen LogP contribution in [0, 0.1) is 5.41 Å². The van der Waals surface area contributed by atoms with Crippen molar-refractivity contribution >= 4 is 23.3 Å². The normalized spacial score (nSPS) is 20.3. The third-order valence-electron chi connectivity index (χ3n) is 5.93. The highest BCUT2D eigenvalue weighted by molar-refractivity contribution is 5.86. The lowest BCUT2D eigenvalue weighted by Gasteiger charge is -2.34. The fourth-order valence-electron chi connectivity index (χ4n) is 4.39. The summed E-state index contributed by atoms with van der Waals surface area (Å²) in [7, 11) is 0. The molecule has 4 rings (SSSR count). The summed E-state index contributed by atoms with van der Waals surface area (Å²) in [6.45, 7) is 5.59. The zero-order valence-electron chi connectivity index (χ0n) is 16.5. The summed E-state index contributed by atoms with van der Waals surface area (Å²) in [5, 5.41) is 11.1. The van der Waals surface area contributed by atoms with E-state index in [0.29, 0.717) is 11.7 Å². The molecule has 0 bridgehead atoms. The van der Waals surface area contributed by atoms with Crippen LogP contribution in [0.4, 0.5) is 17.1 Å². The molecule has 148 valence electrons. The third-order valence-corrected chi connectivity index (χ3v) is 5.93. The minimum Gasteiger partial charge on any atom is -0.398 e. The Morgan fingerprint density at radius 3 is 2.57 bits per heavy atom. The summed E-state index contributed by atoms with van der Waals surface area (Å²) in [4.78, 5) is 5.03. The lowest BCUT2D eigenvalue weighted by atomic mass is 10.0. The van der Waals surface area contributed by atoms with Crippen molar-refractivity contribution in [2.75, 3.05) is 42.1 Å². The number of nitrogens with two attached hydrogens (primary N) is 1. The average molecular weight is 378 g/mol. The topological polar surface area (TPSA) is 68.4 Å². The highest BCUT2D eigenvalue weighted by atomic mass is 15.2. The van der Waals surface area contributed by atoms with E-state index in [0.717, 1.165) is 30.9 Å². The Kier molecular flexibility index (Phi) is 5.81. The summed E-state index contributed by atoms with van der Waals surface area (Å²) in [5.41, 5.74) is 11.1. The zero-order chi connectivity index (χ0) is 19.3. The molecule has 0 spiro atoms. The van der Waals surface area contributed by atoms with Gasteiger partial charge in [-0.2, -0.15) is 0 Å². The Morgan fingerprint density at radius 2 is 1.82 bits per heavy atom. The van der Waals surface area contributed by atoms with Gasteiger partial charge in [-0.05, 0) is 68.1 Å². The second kappa shape index (κ2) is 8.65. The van der Waals surface area contributed by atoms with E-state index in [9.17, 15) is 0 Å². The first kappa shape index (κ1) is 18.8. The van der Waals surface area contributed by atoms with Gasteiger partial charge in [0, 0.05) is 61.1 Å². The van der Waals surface area contributed by atoms with E-state index in [1.165, 1.54) is 56.2 Å². The largest absolute Gasteiger partial charge is 0.398 e. The van der Waals surface area contributed by atoms with Crippen LogP contribution in [0.15, 0.2) is 42.5 Å².